The van der Waals surface area contributed by atoms with Gasteiger partial charge in [-0.15, -0.1) is 10.2 Å². The van der Waals surface area contributed by atoms with Gasteiger partial charge in [0.05, 0.1) is 5.69 Å². The summed E-state index contributed by atoms with van der Waals surface area (Å²) in [6.45, 7) is 8.33. The van der Waals surface area contributed by atoms with E-state index in [0.717, 1.165) is 47.2 Å². The quantitative estimate of drug-likeness (QED) is 0.595. The van der Waals surface area contributed by atoms with Gasteiger partial charge >= 0.3 is 0 Å². The molecule has 1 aliphatic heterocycles. The molecule has 1 saturated heterocycles. The Hall–Kier alpha value is -3.41. The van der Waals surface area contributed by atoms with Gasteiger partial charge in [-0.05, 0) is 80.1 Å². The van der Waals surface area contributed by atoms with Crippen molar-refractivity contribution in [1.29, 1.82) is 0 Å². The Labute approximate surface area is 189 Å². The maximum Gasteiger partial charge on any atom is 0.262 e. The molecule has 1 fully saturated rings. The number of carbonyl (C=O) groups excluding carboxylic acids is 1. The van der Waals surface area contributed by atoms with E-state index in [9.17, 15) is 4.79 Å². The third kappa shape index (κ3) is 5.63. The lowest BCUT2D eigenvalue weighted by Gasteiger charge is -2.30. The number of hydrogen-bond donors (Lipinski definition) is 1. The van der Waals surface area contributed by atoms with Gasteiger partial charge < -0.3 is 15.0 Å². The maximum atomic E-state index is 12.4. The van der Waals surface area contributed by atoms with Crippen molar-refractivity contribution in [2.75, 3.05) is 29.9 Å². The van der Waals surface area contributed by atoms with Crippen molar-refractivity contribution in [2.45, 2.75) is 33.6 Å². The molecule has 0 radical (unpaired) electrons. The minimum Gasteiger partial charge on any atom is -0.484 e. The van der Waals surface area contributed by atoms with Crippen LogP contribution in [0.5, 0.6) is 5.75 Å². The van der Waals surface area contributed by atoms with Crippen LogP contribution in [0.15, 0.2) is 54.6 Å². The summed E-state index contributed by atoms with van der Waals surface area (Å²) < 4.78 is 5.65. The lowest BCUT2D eigenvalue weighted by atomic mass is 9.99. The molecule has 0 aliphatic carbocycles. The number of hydrogen-bond acceptors (Lipinski definition) is 5. The topological polar surface area (TPSA) is 67.3 Å². The highest BCUT2D eigenvalue weighted by Gasteiger charge is 2.17. The first-order valence-electron chi connectivity index (χ1n) is 11.2. The predicted octanol–water partition coefficient (Wildman–Crippen LogP) is 5.01. The van der Waals surface area contributed by atoms with E-state index in [-0.39, 0.29) is 12.5 Å². The molecule has 1 amide bonds. The fourth-order valence-corrected chi connectivity index (χ4v) is 4.00. The van der Waals surface area contributed by atoms with Gasteiger partial charge in [0, 0.05) is 24.3 Å². The van der Waals surface area contributed by atoms with E-state index in [2.05, 4.69) is 33.4 Å². The van der Waals surface area contributed by atoms with Crippen LogP contribution in [-0.4, -0.2) is 35.8 Å². The summed E-state index contributed by atoms with van der Waals surface area (Å²) in [7, 11) is 0. The van der Waals surface area contributed by atoms with Crippen molar-refractivity contribution < 1.29 is 9.53 Å². The van der Waals surface area contributed by atoms with Crippen LogP contribution in [0, 0.1) is 19.8 Å². The number of anilines is 2. The Bertz CT molecular complexity index is 1050. The Balaban J connectivity index is 1.37. The third-order valence-electron chi connectivity index (χ3n) is 5.77. The molecular weight excluding hydrogens is 400 g/mol. The smallest absolute Gasteiger partial charge is 0.262 e. The lowest BCUT2D eigenvalue weighted by molar-refractivity contribution is -0.118. The Morgan fingerprint density at radius 1 is 1.03 bits per heavy atom. The molecule has 2 heterocycles. The molecule has 1 aromatic heterocycles. The number of benzene rings is 2. The first-order chi connectivity index (χ1) is 15.5. The van der Waals surface area contributed by atoms with Crippen molar-refractivity contribution in [3.8, 4) is 17.0 Å². The van der Waals surface area contributed by atoms with E-state index >= 15 is 0 Å². The van der Waals surface area contributed by atoms with Crippen LogP contribution < -0.4 is 15.0 Å². The molecule has 166 valence electrons. The first kappa shape index (κ1) is 21.8. The number of nitrogens with one attached hydrogen (secondary N) is 1. The van der Waals surface area contributed by atoms with Gasteiger partial charge in [0.25, 0.3) is 5.91 Å². The molecule has 0 saturated carbocycles. The minimum atomic E-state index is -0.206. The molecule has 1 aliphatic rings. The number of carbonyl (C=O) groups is 1. The molecule has 1 N–H and O–H groups in total. The predicted molar refractivity (Wildman–Crippen MR) is 128 cm³/mol. The second kappa shape index (κ2) is 9.81. The summed E-state index contributed by atoms with van der Waals surface area (Å²) in [6.07, 6.45) is 2.39. The van der Waals surface area contributed by atoms with Crippen molar-refractivity contribution in [1.82, 2.24) is 10.2 Å². The molecule has 3 aromatic rings. The van der Waals surface area contributed by atoms with Crippen LogP contribution in [0.4, 0.5) is 11.5 Å². The third-order valence-corrected chi connectivity index (χ3v) is 5.77. The van der Waals surface area contributed by atoms with Crippen LogP contribution in [0.1, 0.15) is 30.9 Å². The standard InChI is InChI=1S/C26H30N4O2/c1-18-9-11-30(12-10-18)25-8-7-24(28-29-25)21-5-4-6-22(16-21)27-26(31)17-32-23-14-19(2)13-20(3)15-23/h4-8,13-16,18H,9-12,17H2,1-3H3,(H,27,31). The van der Waals surface area contributed by atoms with E-state index in [1.54, 1.807) is 0 Å². The lowest BCUT2D eigenvalue weighted by Crippen LogP contribution is -2.33. The zero-order valence-electron chi connectivity index (χ0n) is 19.0. The van der Waals surface area contributed by atoms with Crippen molar-refractivity contribution in [2.24, 2.45) is 5.92 Å². The average Bonchev–Trinajstić information content (AvgIpc) is 2.78. The zero-order chi connectivity index (χ0) is 22.5. The number of ether oxygens (including phenoxy) is 1. The molecule has 2 aromatic carbocycles. The second-order valence-corrected chi connectivity index (χ2v) is 8.69. The highest BCUT2D eigenvalue weighted by atomic mass is 16.5. The fourth-order valence-electron chi connectivity index (χ4n) is 4.00. The molecule has 0 unspecified atom stereocenters. The van der Waals surface area contributed by atoms with Crippen molar-refractivity contribution >= 4 is 17.4 Å². The van der Waals surface area contributed by atoms with Crippen LogP contribution in [0.25, 0.3) is 11.3 Å². The van der Waals surface area contributed by atoms with Gasteiger partial charge in [-0.25, -0.2) is 0 Å². The molecular formula is C26H30N4O2. The average molecular weight is 431 g/mol. The molecule has 6 nitrogen and oxygen atoms in total. The van der Waals surface area contributed by atoms with Gasteiger partial charge in [0.15, 0.2) is 12.4 Å². The number of rotatable bonds is 6. The normalized spacial score (nSPS) is 14.3. The summed E-state index contributed by atoms with van der Waals surface area (Å²) >= 11 is 0. The monoisotopic (exact) mass is 430 g/mol. The molecule has 0 spiro atoms. The second-order valence-electron chi connectivity index (χ2n) is 8.69. The fraction of sp³-hybridized carbons (Fsp3) is 0.346. The van der Waals surface area contributed by atoms with Crippen LogP contribution >= 0.6 is 0 Å². The van der Waals surface area contributed by atoms with Gasteiger partial charge in [-0.3, -0.25) is 4.79 Å². The van der Waals surface area contributed by atoms with Crippen LogP contribution in [0.2, 0.25) is 0 Å². The summed E-state index contributed by atoms with van der Waals surface area (Å²) in [6, 6.07) is 17.6. The molecule has 4 rings (SSSR count). The highest BCUT2D eigenvalue weighted by molar-refractivity contribution is 5.92. The first-order valence-corrected chi connectivity index (χ1v) is 11.2. The zero-order valence-corrected chi connectivity index (χ0v) is 19.0. The van der Waals surface area contributed by atoms with E-state index in [4.69, 9.17) is 4.74 Å². The summed E-state index contributed by atoms with van der Waals surface area (Å²) in [4.78, 5) is 14.7. The van der Waals surface area contributed by atoms with Crippen molar-refractivity contribution in [3.63, 3.8) is 0 Å². The summed E-state index contributed by atoms with van der Waals surface area (Å²) in [5.74, 6) is 2.20. The largest absolute Gasteiger partial charge is 0.484 e. The van der Waals surface area contributed by atoms with Gasteiger partial charge in [-0.2, -0.15) is 0 Å². The molecule has 0 bridgehead atoms. The molecule has 0 atom stereocenters. The number of nitrogens with zero attached hydrogens (tertiary/aromatic N) is 3. The minimum absolute atomic E-state index is 0.0456. The maximum absolute atomic E-state index is 12.4. The van der Waals surface area contributed by atoms with Crippen LogP contribution in [0.3, 0.4) is 0 Å². The van der Waals surface area contributed by atoms with E-state index in [0.29, 0.717) is 11.4 Å². The van der Waals surface area contributed by atoms with Crippen molar-refractivity contribution in [3.05, 3.63) is 65.7 Å². The number of amides is 1. The number of aromatic nitrogens is 2. The SMILES string of the molecule is Cc1cc(C)cc(OCC(=O)Nc2cccc(-c3ccc(N4CCC(C)CC4)nn3)c2)c1. The molecule has 6 heteroatoms. The highest BCUT2D eigenvalue weighted by Crippen LogP contribution is 2.24. The van der Waals surface area contributed by atoms with Gasteiger partial charge in [-0.1, -0.05) is 25.1 Å². The summed E-state index contributed by atoms with van der Waals surface area (Å²) in [5, 5.41) is 11.8. The van der Waals surface area contributed by atoms with Gasteiger partial charge in [0.2, 0.25) is 0 Å². The Kier molecular flexibility index (Phi) is 6.69. The Morgan fingerprint density at radius 3 is 2.47 bits per heavy atom. The number of aryl methyl sites for hydroxylation is 2. The van der Waals surface area contributed by atoms with E-state index in [1.807, 2.05) is 62.4 Å². The molecule has 32 heavy (non-hydrogen) atoms. The van der Waals surface area contributed by atoms with E-state index in [1.165, 1.54) is 12.8 Å². The number of piperidine rings is 1. The summed E-state index contributed by atoms with van der Waals surface area (Å²) in [5.41, 5.74) is 4.60. The Morgan fingerprint density at radius 2 is 1.78 bits per heavy atom. The van der Waals surface area contributed by atoms with Crippen LogP contribution in [-0.2, 0) is 4.79 Å². The van der Waals surface area contributed by atoms with Gasteiger partial charge in [0.1, 0.15) is 5.75 Å². The van der Waals surface area contributed by atoms with E-state index < -0.39 is 0 Å².